The molecule has 1 amide bonds. The van der Waals surface area contributed by atoms with Gasteiger partial charge in [-0.05, 0) is 37.1 Å². The Morgan fingerprint density at radius 1 is 1.33 bits per heavy atom. The minimum Gasteiger partial charge on any atom is -0.369 e. The molecule has 2 rings (SSSR count). The Bertz CT molecular complexity index is 645. The minimum atomic E-state index is -0.270. The standard InChI is InChI=1S/C15H17BrN4O/c1-3-6-18-14-9-17-8-13(19-14)15(21)20-12-5-4-11(16)7-10(12)2/h4-5,7-9H,3,6H2,1-2H3,(H,18,19)(H,20,21). The number of halogens is 1. The van der Waals surface area contributed by atoms with Gasteiger partial charge in [-0.25, -0.2) is 4.98 Å². The molecule has 2 aromatic rings. The summed E-state index contributed by atoms with van der Waals surface area (Å²) in [7, 11) is 0. The van der Waals surface area contributed by atoms with Crippen LogP contribution in [0.4, 0.5) is 11.5 Å². The number of aryl methyl sites for hydroxylation is 1. The SMILES string of the molecule is CCCNc1cncc(C(=O)Nc2ccc(Br)cc2C)n1. The molecule has 0 unspecified atom stereocenters. The summed E-state index contributed by atoms with van der Waals surface area (Å²) in [6.45, 7) is 4.80. The van der Waals surface area contributed by atoms with E-state index in [0.29, 0.717) is 11.5 Å². The highest BCUT2D eigenvalue weighted by molar-refractivity contribution is 9.10. The van der Waals surface area contributed by atoms with E-state index in [2.05, 4.69) is 43.5 Å². The Kier molecular flexibility index (Phi) is 5.27. The molecule has 2 N–H and O–H groups in total. The van der Waals surface area contributed by atoms with Crippen LogP contribution < -0.4 is 10.6 Å². The molecule has 0 aliphatic heterocycles. The fraction of sp³-hybridized carbons (Fsp3) is 0.267. The van der Waals surface area contributed by atoms with Crippen LogP contribution in [0.5, 0.6) is 0 Å². The first-order valence-electron chi connectivity index (χ1n) is 6.73. The van der Waals surface area contributed by atoms with Crippen molar-refractivity contribution in [2.45, 2.75) is 20.3 Å². The monoisotopic (exact) mass is 348 g/mol. The number of nitrogens with one attached hydrogen (secondary N) is 2. The van der Waals surface area contributed by atoms with Crippen molar-refractivity contribution in [2.24, 2.45) is 0 Å². The molecule has 1 heterocycles. The van der Waals surface area contributed by atoms with Gasteiger partial charge in [-0.3, -0.25) is 9.78 Å². The molecule has 0 aliphatic carbocycles. The lowest BCUT2D eigenvalue weighted by atomic mass is 10.2. The number of anilines is 2. The Labute approximate surface area is 132 Å². The van der Waals surface area contributed by atoms with E-state index in [1.807, 2.05) is 25.1 Å². The zero-order valence-electron chi connectivity index (χ0n) is 12.0. The first kappa shape index (κ1) is 15.4. The van der Waals surface area contributed by atoms with Crippen LogP contribution in [-0.4, -0.2) is 22.4 Å². The second-order valence-electron chi connectivity index (χ2n) is 4.63. The van der Waals surface area contributed by atoms with E-state index in [0.717, 1.165) is 28.7 Å². The Hall–Kier alpha value is -1.95. The number of carbonyl (C=O) groups is 1. The molecule has 0 fully saturated rings. The van der Waals surface area contributed by atoms with Gasteiger partial charge in [-0.15, -0.1) is 0 Å². The summed E-state index contributed by atoms with van der Waals surface area (Å²) >= 11 is 3.40. The summed E-state index contributed by atoms with van der Waals surface area (Å²) in [5.41, 5.74) is 2.03. The fourth-order valence-electron chi connectivity index (χ4n) is 1.77. The van der Waals surface area contributed by atoms with Crippen LogP contribution in [0.15, 0.2) is 35.1 Å². The van der Waals surface area contributed by atoms with Crippen LogP contribution in [0.2, 0.25) is 0 Å². The van der Waals surface area contributed by atoms with E-state index in [4.69, 9.17) is 0 Å². The minimum absolute atomic E-state index is 0.270. The van der Waals surface area contributed by atoms with Crippen molar-refractivity contribution in [3.05, 3.63) is 46.3 Å². The van der Waals surface area contributed by atoms with E-state index in [1.165, 1.54) is 6.20 Å². The fourth-order valence-corrected chi connectivity index (χ4v) is 2.24. The maximum atomic E-state index is 12.2. The molecule has 1 aromatic heterocycles. The Balaban J connectivity index is 2.12. The average molecular weight is 349 g/mol. The predicted octanol–water partition coefficient (Wildman–Crippen LogP) is 3.62. The van der Waals surface area contributed by atoms with E-state index in [9.17, 15) is 4.79 Å². The maximum Gasteiger partial charge on any atom is 0.275 e. The van der Waals surface area contributed by atoms with Crippen molar-refractivity contribution in [3.63, 3.8) is 0 Å². The highest BCUT2D eigenvalue weighted by Crippen LogP contribution is 2.20. The molecule has 5 nitrogen and oxygen atoms in total. The number of hydrogen-bond acceptors (Lipinski definition) is 4. The first-order valence-corrected chi connectivity index (χ1v) is 7.53. The Morgan fingerprint density at radius 3 is 2.86 bits per heavy atom. The second-order valence-corrected chi connectivity index (χ2v) is 5.55. The zero-order chi connectivity index (χ0) is 15.2. The number of nitrogens with zero attached hydrogens (tertiary/aromatic N) is 2. The lowest BCUT2D eigenvalue weighted by Gasteiger charge is -2.09. The Morgan fingerprint density at radius 2 is 2.14 bits per heavy atom. The largest absolute Gasteiger partial charge is 0.369 e. The zero-order valence-corrected chi connectivity index (χ0v) is 13.6. The summed E-state index contributed by atoms with van der Waals surface area (Å²) in [6, 6.07) is 5.68. The van der Waals surface area contributed by atoms with Gasteiger partial charge in [0.15, 0.2) is 0 Å². The van der Waals surface area contributed by atoms with Crippen molar-refractivity contribution >= 4 is 33.3 Å². The molecule has 6 heteroatoms. The second kappa shape index (κ2) is 7.17. The van der Waals surface area contributed by atoms with E-state index < -0.39 is 0 Å². The third kappa shape index (κ3) is 4.26. The van der Waals surface area contributed by atoms with E-state index in [1.54, 1.807) is 6.20 Å². The number of hydrogen-bond donors (Lipinski definition) is 2. The number of benzene rings is 1. The average Bonchev–Trinajstić information content (AvgIpc) is 2.48. The predicted molar refractivity (Wildman–Crippen MR) is 87.6 cm³/mol. The van der Waals surface area contributed by atoms with Crippen molar-refractivity contribution < 1.29 is 4.79 Å². The normalized spacial score (nSPS) is 10.2. The number of aromatic nitrogens is 2. The van der Waals surface area contributed by atoms with Crippen molar-refractivity contribution in [2.75, 3.05) is 17.2 Å². The van der Waals surface area contributed by atoms with Crippen LogP contribution in [0.1, 0.15) is 29.4 Å². The smallest absolute Gasteiger partial charge is 0.275 e. The maximum absolute atomic E-state index is 12.2. The summed E-state index contributed by atoms with van der Waals surface area (Å²) in [5.74, 6) is 0.338. The quantitative estimate of drug-likeness (QED) is 0.865. The van der Waals surface area contributed by atoms with Crippen LogP contribution in [0, 0.1) is 6.92 Å². The third-order valence-electron chi connectivity index (χ3n) is 2.86. The van der Waals surface area contributed by atoms with Gasteiger partial charge < -0.3 is 10.6 Å². The number of amides is 1. The van der Waals surface area contributed by atoms with Crippen LogP contribution in [-0.2, 0) is 0 Å². The molecule has 0 spiro atoms. The molecule has 110 valence electrons. The molecule has 0 aliphatic rings. The van der Waals surface area contributed by atoms with Gasteiger partial charge in [-0.2, -0.15) is 0 Å². The van der Waals surface area contributed by atoms with Gasteiger partial charge in [0.05, 0.1) is 12.4 Å². The topological polar surface area (TPSA) is 66.9 Å². The van der Waals surface area contributed by atoms with Gasteiger partial charge in [-0.1, -0.05) is 22.9 Å². The molecule has 0 bridgehead atoms. The van der Waals surface area contributed by atoms with E-state index >= 15 is 0 Å². The molecule has 0 saturated heterocycles. The third-order valence-corrected chi connectivity index (χ3v) is 3.35. The van der Waals surface area contributed by atoms with Crippen LogP contribution >= 0.6 is 15.9 Å². The summed E-state index contributed by atoms with van der Waals surface area (Å²) in [4.78, 5) is 20.5. The first-order chi connectivity index (χ1) is 10.1. The number of carbonyl (C=O) groups excluding carboxylic acids is 1. The van der Waals surface area contributed by atoms with Crippen LogP contribution in [0.3, 0.4) is 0 Å². The summed E-state index contributed by atoms with van der Waals surface area (Å²) in [6.07, 6.45) is 4.05. The van der Waals surface area contributed by atoms with Gasteiger partial charge in [0, 0.05) is 16.7 Å². The van der Waals surface area contributed by atoms with Crippen molar-refractivity contribution in [1.82, 2.24) is 9.97 Å². The highest BCUT2D eigenvalue weighted by atomic mass is 79.9. The summed E-state index contributed by atoms with van der Waals surface area (Å²) in [5, 5.41) is 5.96. The van der Waals surface area contributed by atoms with Crippen LogP contribution in [0.25, 0.3) is 0 Å². The van der Waals surface area contributed by atoms with Gasteiger partial charge in [0.25, 0.3) is 5.91 Å². The lowest BCUT2D eigenvalue weighted by Crippen LogP contribution is -2.16. The van der Waals surface area contributed by atoms with Gasteiger partial charge in [0.2, 0.25) is 0 Å². The molecule has 0 saturated carbocycles. The molecular weight excluding hydrogens is 332 g/mol. The lowest BCUT2D eigenvalue weighted by molar-refractivity contribution is 0.102. The molecule has 0 atom stereocenters. The molecule has 0 radical (unpaired) electrons. The van der Waals surface area contributed by atoms with Gasteiger partial charge in [0.1, 0.15) is 11.5 Å². The summed E-state index contributed by atoms with van der Waals surface area (Å²) < 4.78 is 0.976. The molecular formula is C15H17BrN4O. The van der Waals surface area contributed by atoms with E-state index in [-0.39, 0.29) is 5.91 Å². The highest BCUT2D eigenvalue weighted by Gasteiger charge is 2.10. The van der Waals surface area contributed by atoms with Crippen molar-refractivity contribution in [3.8, 4) is 0 Å². The van der Waals surface area contributed by atoms with Gasteiger partial charge >= 0.3 is 0 Å². The number of rotatable bonds is 5. The van der Waals surface area contributed by atoms with Crippen molar-refractivity contribution in [1.29, 1.82) is 0 Å². The molecule has 21 heavy (non-hydrogen) atoms. The molecule has 1 aromatic carbocycles.